The van der Waals surface area contributed by atoms with Crippen LogP contribution in [0, 0.1) is 6.92 Å². The van der Waals surface area contributed by atoms with E-state index in [0.717, 1.165) is 17.4 Å². The van der Waals surface area contributed by atoms with E-state index in [0.29, 0.717) is 21.3 Å². The van der Waals surface area contributed by atoms with Gasteiger partial charge in [-0.1, -0.05) is 41.4 Å². The number of aryl methyl sites for hydroxylation is 1. The Morgan fingerprint density at radius 2 is 1.88 bits per heavy atom. The molecule has 134 valence electrons. The minimum absolute atomic E-state index is 0.257. The molecule has 0 bridgehead atoms. The zero-order chi connectivity index (χ0) is 18.8. The van der Waals surface area contributed by atoms with Crippen LogP contribution in [0.1, 0.15) is 21.5 Å². The second kappa shape index (κ2) is 7.64. The van der Waals surface area contributed by atoms with Crippen molar-refractivity contribution in [2.45, 2.75) is 13.5 Å². The molecule has 0 aliphatic carbocycles. The lowest BCUT2D eigenvalue weighted by Crippen LogP contribution is -2.26. The number of carbonyl (C=O) groups is 1. The van der Waals surface area contributed by atoms with Crippen LogP contribution in [0.25, 0.3) is 0 Å². The molecule has 0 saturated carbocycles. The topological polar surface area (TPSA) is 66.5 Å². The number of carbonyl (C=O) groups excluding carboxylic acids is 1. The van der Waals surface area contributed by atoms with Crippen molar-refractivity contribution in [1.29, 1.82) is 0 Å². The number of benzene rings is 2. The van der Waals surface area contributed by atoms with Gasteiger partial charge in [-0.3, -0.25) is 9.52 Å². The SMILES string of the molecule is Cc1ccc(C(=O)N(C)Cc2cccc(Cl)c2Cl)cc1NS(C)(=O)=O. The number of nitrogens with zero attached hydrogens (tertiary/aromatic N) is 1. The number of amides is 1. The minimum Gasteiger partial charge on any atom is -0.337 e. The Labute approximate surface area is 157 Å². The highest BCUT2D eigenvalue weighted by Gasteiger charge is 2.16. The molecule has 0 atom stereocenters. The van der Waals surface area contributed by atoms with Gasteiger partial charge in [0.05, 0.1) is 22.0 Å². The third-order valence-electron chi connectivity index (χ3n) is 3.57. The lowest BCUT2D eigenvalue weighted by Gasteiger charge is -2.19. The summed E-state index contributed by atoms with van der Waals surface area (Å²) in [4.78, 5) is 14.1. The van der Waals surface area contributed by atoms with Gasteiger partial charge in [-0.15, -0.1) is 0 Å². The highest BCUT2D eigenvalue weighted by molar-refractivity contribution is 7.92. The van der Waals surface area contributed by atoms with Crippen molar-refractivity contribution < 1.29 is 13.2 Å². The predicted octanol–water partition coefficient (Wildman–Crippen LogP) is 3.95. The Kier molecular flexibility index (Phi) is 5.98. The van der Waals surface area contributed by atoms with Crippen LogP contribution in [-0.2, 0) is 16.6 Å². The summed E-state index contributed by atoms with van der Waals surface area (Å²) in [5.41, 5.74) is 2.20. The first-order valence-electron chi connectivity index (χ1n) is 7.35. The lowest BCUT2D eigenvalue weighted by atomic mass is 10.1. The number of anilines is 1. The minimum atomic E-state index is -3.43. The Bertz CT molecular complexity index is 914. The molecule has 0 aromatic heterocycles. The normalized spacial score (nSPS) is 11.2. The van der Waals surface area contributed by atoms with Crippen molar-refractivity contribution in [3.63, 3.8) is 0 Å². The van der Waals surface area contributed by atoms with Crippen LogP contribution in [0.15, 0.2) is 36.4 Å². The molecule has 25 heavy (non-hydrogen) atoms. The molecular weight excluding hydrogens is 383 g/mol. The third kappa shape index (κ3) is 5.11. The van der Waals surface area contributed by atoms with Gasteiger partial charge in [-0.2, -0.15) is 0 Å². The van der Waals surface area contributed by atoms with Gasteiger partial charge in [0.25, 0.3) is 5.91 Å². The Morgan fingerprint density at radius 1 is 1.20 bits per heavy atom. The molecule has 1 N–H and O–H groups in total. The van der Waals surface area contributed by atoms with Gasteiger partial charge in [0.1, 0.15) is 0 Å². The Morgan fingerprint density at radius 3 is 2.52 bits per heavy atom. The van der Waals surface area contributed by atoms with Gasteiger partial charge in [0.15, 0.2) is 0 Å². The molecule has 0 fully saturated rings. The van der Waals surface area contributed by atoms with Crippen LogP contribution in [0.4, 0.5) is 5.69 Å². The molecular formula is C17H18Cl2N2O3S. The summed E-state index contributed by atoms with van der Waals surface area (Å²) < 4.78 is 25.3. The van der Waals surface area contributed by atoms with E-state index in [1.807, 2.05) is 0 Å². The predicted molar refractivity (Wildman–Crippen MR) is 102 cm³/mol. The van der Waals surface area contributed by atoms with Crippen molar-refractivity contribution in [2.75, 3.05) is 18.0 Å². The average molecular weight is 401 g/mol. The quantitative estimate of drug-likeness (QED) is 0.825. The van der Waals surface area contributed by atoms with Crippen molar-refractivity contribution >= 4 is 44.8 Å². The van der Waals surface area contributed by atoms with E-state index >= 15 is 0 Å². The summed E-state index contributed by atoms with van der Waals surface area (Å²) in [5, 5.41) is 0.835. The third-order valence-corrected chi connectivity index (χ3v) is 5.01. The second-order valence-electron chi connectivity index (χ2n) is 5.78. The maximum absolute atomic E-state index is 12.6. The zero-order valence-corrected chi connectivity index (χ0v) is 16.3. The van der Waals surface area contributed by atoms with Gasteiger partial charge < -0.3 is 4.90 Å². The maximum Gasteiger partial charge on any atom is 0.253 e. The fourth-order valence-electron chi connectivity index (χ4n) is 2.28. The van der Waals surface area contributed by atoms with E-state index in [-0.39, 0.29) is 12.5 Å². The van der Waals surface area contributed by atoms with Crippen LogP contribution < -0.4 is 4.72 Å². The summed E-state index contributed by atoms with van der Waals surface area (Å²) in [7, 11) is -1.79. The number of nitrogens with one attached hydrogen (secondary N) is 1. The monoisotopic (exact) mass is 400 g/mol. The van der Waals surface area contributed by atoms with Crippen molar-refractivity contribution in [3.8, 4) is 0 Å². The van der Waals surface area contributed by atoms with E-state index in [9.17, 15) is 13.2 Å². The molecule has 1 amide bonds. The van der Waals surface area contributed by atoms with Crippen LogP contribution in [0.3, 0.4) is 0 Å². The van der Waals surface area contributed by atoms with Gasteiger partial charge in [0, 0.05) is 19.2 Å². The molecule has 8 heteroatoms. The van der Waals surface area contributed by atoms with Crippen molar-refractivity contribution in [1.82, 2.24) is 4.90 Å². The highest BCUT2D eigenvalue weighted by atomic mass is 35.5. The molecule has 0 spiro atoms. The summed E-state index contributed by atoms with van der Waals surface area (Å²) in [5.74, 6) is -0.257. The Hall–Kier alpha value is -1.76. The largest absolute Gasteiger partial charge is 0.337 e. The maximum atomic E-state index is 12.6. The molecule has 0 saturated heterocycles. The number of hydrogen-bond acceptors (Lipinski definition) is 3. The molecule has 0 aliphatic rings. The fourth-order valence-corrected chi connectivity index (χ4v) is 3.28. The summed E-state index contributed by atoms with van der Waals surface area (Å²) in [6, 6.07) is 10.1. The molecule has 0 aliphatic heterocycles. The number of rotatable bonds is 5. The van der Waals surface area contributed by atoms with E-state index in [1.54, 1.807) is 44.3 Å². The fraction of sp³-hybridized carbons (Fsp3) is 0.235. The standard InChI is InChI=1S/C17H18Cl2N2O3S/c1-11-7-8-12(9-15(11)20-25(3,23)24)17(22)21(2)10-13-5-4-6-14(18)16(13)19/h4-9,20H,10H2,1-3H3. The smallest absolute Gasteiger partial charge is 0.253 e. The molecule has 0 unspecified atom stereocenters. The highest BCUT2D eigenvalue weighted by Crippen LogP contribution is 2.27. The number of halogens is 2. The van der Waals surface area contributed by atoms with Gasteiger partial charge in [0.2, 0.25) is 10.0 Å². The Balaban J connectivity index is 2.25. The zero-order valence-electron chi connectivity index (χ0n) is 14.0. The van der Waals surface area contributed by atoms with E-state index in [2.05, 4.69) is 4.72 Å². The van der Waals surface area contributed by atoms with Gasteiger partial charge in [-0.25, -0.2) is 8.42 Å². The van der Waals surface area contributed by atoms with Crippen molar-refractivity contribution in [2.24, 2.45) is 0 Å². The molecule has 0 heterocycles. The number of hydrogen-bond donors (Lipinski definition) is 1. The summed E-state index contributed by atoms with van der Waals surface area (Å²) in [6.07, 6.45) is 1.06. The summed E-state index contributed by atoms with van der Waals surface area (Å²) >= 11 is 12.2. The van der Waals surface area contributed by atoms with Crippen LogP contribution >= 0.6 is 23.2 Å². The molecule has 0 radical (unpaired) electrons. The molecule has 2 aromatic carbocycles. The van der Waals surface area contributed by atoms with Crippen molar-refractivity contribution in [3.05, 3.63) is 63.1 Å². The number of sulfonamides is 1. The first-order valence-corrected chi connectivity index (χ1v) is 10.00. The molecule has 2 aromatic rings. The first kappa shape index (κ1) is 19.6. The lowest BCUT2D eigenvalue weighted by molar-refractivity contribution is 0.0785. The average Bonchev–Trinajstić information content (AvgIpc) is 2.52. The molecule has 5 nitrogen and oxygen atoms in total. The first-order chi connectivity index (χ1) is 11.6. The van der Waals surface area contributed by atoms with Crippen LogP contribution in [0.2, 0.25) is 10.0 Å². The van der Waals surface area contributed by atoms with Crippen LogP contribution in [0.5, 0.6) is 0 Å². The van der Waals surface area contributed by atoms with Crippen LogP contribution in [-0.4, -0.2) is 32.5 Å². The summed E-state index contributed by atoms with van der Waals surface area (Å²) in [6.45, 7) is 2.04. The van der Waals surface area contributed by atoms with E-state index in [4.69, 9.17) is 23.2 Å². The second-order valence-corrected chi connectivity index (χ2v) is 8.31. The van der Waals surface area contributed by atoms with E-state index < -0.39 is 10.0 Å². The molecule has 2 rings (SSSR count). The van der Waals surface area contributed by atoms with Gasteiger partial charge in [-0.05, 0) is 36.2 Å². The van der Waals surface area contributed by atoms with E-state index in [1.165, 1.54) is 11.0 Å². The van der Waals surface area contributed by atoms with Gasteiger partial charge >= 0.3 is 0 Å².